The van der Waals surface area contributed by atoms with Crippen LogP contribution >= 0.6 is 0 Å². The van der Waals surface area contributed by atoms with E-state index in [2.05, 4.69) is 73.4 Å². The van der Waals surface area contributed by atoms with E-state index in [4.69, 9.17) is 0 Å². The molecular weight excluding hydrogens is 246 g/mol. The number of hydrogen-bond acceptors (Lipinski definition) is 3. The molecule has 3 nitrogen and oxygen atoms in total. The van der Waals surface area contributed by atoms with Crippen LogP contribution < -0.4 is 10.2 Å². The number of aryl methyl sites for hydroxylation is 2. The van der Waals surface area contributed by atoms with E-state index in [1.807, 2.05) is 13.2 Å². The van der Waals surface area contributed by atoms with Crippen molar-refractivity contribution in [3.8, 4) is 0 Å². The maximum atomic E-state index is 4.49. The fourth-order valence-electron chi connectivity index (χ4n) is 2.33. The number of benzene rings is 1. The largest absolute Gasteiger partial charge is 0.329 e. The average molecular weight is 269 g/mol. The van der Waals surface area contributed by atoms with Gasteiger partial charge in [0.05, 0.1) is 0 Å². The smallest absolute Gasteiger partial charge is 0.132 e. The summed E-state index contributed by atoms with van der Waals surface area (Å²) >= 11 is 0. The fourth-order valence-corrected chi connectivity index (χ4v) is 2.33. The summed E-state index contributed by atoms with van der Waals surface area (Å²) in [6, 6.07) is 11.1. The Bertz CT molecular complexity index is 572. The molecule has 2 aromatic rings. The molecule has 0 fully saturated rings. The maximum absolute atomic E-state index is 4.49. The van der Waals surface area contributed by atoms with Crippen LogP contribution in [0, 0.1) is 13.8 Å². The third kappa shape index (κ3) is 3.17. The highest BCUT2D eigenvalue weighted by atomic mass is 15.2. The topological polar surface area (TPSA) is 28.2 Å². The fraction of sp³-hybridized carbons (Fsp3) is 0.353. The molecule has 1 aromatic carbocycles. The van der Waals surface area contributed by atoms with Crippen molar-refractivity contribution in [2.24, 2.45) is 0 Å². The molecule has 1 aromatic heterocycles. The van der Waals surface area contributed by atoms with Gasteiger partial charge in [0.2, 0.25) is 0 Å². The van der Waals surface area contributed by atoms with Gasteiger partial charge in [-0.05, 0) is 68.8 Å². The van der Waals surface area contributed by atoms with Gasteiger partial charge in [0.1, 0.15) is 5.82 Å². The van der Waals surface area contributed by atoms with Crippen LogP contribution in [0.25, 0.3) is 0 Å². The predicted molar refractivity (Wildman–Crippen MR) is 85.7 cm³/mol. The van der Waals surface area contributed by atoms with Gasteiger partial charge in [-0.15, -0.1) is 0 Å². The molecule has 0 aliphatic rings. The van der Waals surface area contributed by atoms with Gasteiger partial charge in [0.25, 0.3) is 0 Å². The van der Waals surface area contributed by atoms with Crippen LogP contribution in [0.4, 0.5) is 11.5 Å². The zero-order valence-electron chi connectivity index (χ0n) is 12.9. The van der Waals surface area contributed by atoms with Crippen LogP contribution in [-0.4, -0.2) is 19.1 Å². The van der Waals surface area contributed by atoms with Crippen molar-refractivity contribution < 1.29 is 0 Å². The van der Waals surface area contributed by atoms with E-state index in [0.29, 0.717) is 6.04 Å². The number of anilines is 2. The summed E-state index contributed by atoms with van der Waals surface area (Å²) in [5.41, 5.74) is 4.95. The Balaban J connectivity index is 2.35. The van der Waals surface area contributed by atoms with E-state index in [1.54, 1.807) is 0 Å². The summed E-state index contributed by atoms with van der Waals surface area (Å²) in [5, 5.41) is 3.26. The number of pyridine rings is 1. The lowest BCUT2D eigenvalue weighted by Gasteiger charge is -2.21. The first-order valence-corrected chi connectivity index (χ1v) is 6.96. The Labute approximate surface area is 121 Å². The second kappa shape index (κ2) is 6.06. The van der Waals surface area contributed by atoms with Gasteiger partial charge >= 0.3 is 0 Å². The van der Waals surface area contributed by atoms with Crippen LogP contribution in [0.5, 0.6) is 0 Å². The molecule has 0 amide bonds. The van der Waals surface area contributed by atoms with Crippen molar-refractivity contribution in [1.29, 1.82) is 0 Å². The highest BCUT2D eigenvalue weighted by Gasteiger charge is 2.09. The average Bonchev–Trinajstić information content (AvgIpc) is 2.44. The van der Waals surface area contributed by atoms with Gasteiger partial charge in [-0.2, -0.15) is 0 Å². The van der Waals surface area contributed by atoms with E-state index in [-0.39, 0.29) is 0 Å². The number of hydrogen-bond donors (Lipinski definition) is 1. The lowest BCUT2D eigenvalue weighted by Crippen LogP contribution is -2.15. The molecule has 0 aliphatic carbocycles. The van der Waals surface area contributed by atoms with E-state index in [0.717, 1.165) is 5.82 Å². The van der Waals surface area contributed by atoms with Crippen LogP contribution in [0.15, 0.2) is 36.5 Å². The van der Waals surface area contributed by atoms with E-state index >= 15 is 0 Å². The summed E-state index contributed by atoms with van der Waals surface area (Å²) in [6.07, 6.45) is 1.87. The number of nitrogens with zero attached hydrogens (tertiary/aromatic N) is 2. The molecule has 0 saturated heterocycles. The molecule has 1 N–H and O–H groups in total. The molecule has 20 heavy (non-hydrogen) atoms. The Morgan fingerprint density at radius 2 is 1.75 bits per heavy atom. The van der Waals surface area contributed by atoms with Crippen LogP contribution in [0.2, 0.25) is 0 Å². The summed E-state index contributed by atoms with van der Waals surface area (Å²) in [4.78, 5) is 6.62. The molecule has 0 spiro atoms. The predicted octanol–water partition coefficient (Wildman–Crippen LogP) is 3.75. The Morgan fingerprint density at radius 3 is 2.35 bits per heavy atom. The quantitative estimate of drug-likeness (QED) is 0.916. The minimum absolute atomic E-state index is 0.324. The van der Waals surface area contributed by atoms with Gasteiger partial charge < -0.3 is 10.2 Å². The second-order valence-corrected chi connectivity index (χ2v) is 5.36. The minimum Gasteiger partial charge on any atom is -0.329 e. The van der Waals surface area contributed by atoms with Crippen LogP contribution in [0.1, 0.15) is 29.7 Å². The summed E-state index contributed by atoms with van der Waals surface area (Å²) < 4.78 is 0. The maximum Gasteiger partial charge on any atom is 0.132 e. The van der Waals surface area contributed by atoms with E-state index in [9.17, 15) is 0 Å². The highest BCUT2D eigenvalue weighted by Crippen LogP contribution is 2.25. The molecule has 0 radical (unpaired) electrons. The first-order valence-electron chi connectivity index (χ1n) is 6.96. The molecule has 3 heteroatoms. The molecule has 1 atom stereocenters. The summed E-state index contributed by atoms with van der Waals surface area (Å²) in [6.45, 7) is 6.39. The minimum atomic E-state index is 0.324. The molecule has 106 valence electrons. The summed E-state index contributed by atoms with van der Waals surface area (Å²) in [7, 11) is 4.03. The third-order valence-electron chi connectivity index (χ3n) is 3.64. The molecule has 0 saturated carbocycles. The normalized spacial score (nSPS) is 12.2. The molecule has 0 aliphatic heterocycles. The van der Waals surface area contributed by atoms with Crippen molar-refractivity contribution in [2.45, 2.75) is 26.8 Å². The van der Waals surface area contributed by atoms with Gasteiger partial charge in [-0.1, -0.05) is 6.07 Å². The van der Waals surface area contributed by atoms with Crippen molar-refractivity contribution in [3.05, 3.63) is 53.2 Å². The molecule has 1 heterocycles. The van der Waals surface area contributed by atoms with Crippen LogP contribution in [-0.2, 0) is 0 Å². The molecule has 0 bridgehead atoms. The Kier molecular flexibility index (Phi) is 4.40. The standard InChI is InChI=1S/C17H23N3/c1-12-8-13(2)10-16(9-12)20(5)17-11-15(6-7-19-17)14(3)18-4/h6-11,14,18H,1-5H3. The SMILES string of the molecule is CNC(C)c1ccnc(N(C)c2cc(C)cc(C)c2)c1. The Morgan fingerprint density at radius 1 is 1.10 bits per heavy atom. The van der Waals surface area contributed by atoms with Gasteiger partial charge in [0.15, 0.2) is 0 Å². The van der Waals surface area contributed by atoms with Gasteiger partial charge in [0, 0.05) is 25.0 Å². The number of aromatic nitrogens is 1. The number of nitrogens with one attached hydrogen (secondary N) is 1. The lowest BCUT2D eigenvalue weighted by atomic mass is 10.1. The first-order chi connectivity index (χ1) is 9.51. The van der Waals surface area contributed by atoms with Crippen molar-refractivity contribution in [3.63, 3.8) is 0 Å². The van der Waals surface area contributed by atoms with E-state index < -0.39 is 0 Å². The van der Waals surface area contributed by atoms with Gasteiger partial charge in [-0.3, -0.25) is 0 Å². The Hall–Kier alpha value is -1.87. The highest BCUT2D eigenvalue weighted by molar-refractivity contribution is 5.61. The van der Waals surface area contributed by atoms with Gasteiger partial charge in [-0.25, -0.2) is 4.98 Å². The third-order valence-corrected chi connectivity index (χ3v) is 3.64. The first kappa shape index (κ1) is 14.5. The number of rotatable bonds is 4. The second-order valence-electron chi connectivity index (χ2n) is 5.36. The molecule has 2 rings (SSSR count). The molecular formula is C17H23N3. The zero-order valence-corrected chi connectivity index (χ0v) is 12.9. The van der Waals surface area contributed by atoms with Crippen LogP contribution in [0.3, 0.4) is 0 Å². The zero-order chi connectivity index (χ0) is 14.7. The monoisotopic (exact) mass is 269 g/mol. The van der Waals surface area contributed by atoms with E-state index in [1.165, 1.54) is 22.4 Å². The summed E-state index contributed by atoms with van der Waals surface area (Å²) in [5.74, 6) is 0.967. The lowest BCUT2D eigenvalue weighted by molar-refractivity contribution is 0.651. The van der Waals surface area contributed by atoms with Crippen molar-refractivity contribution >= 4 is 11.5 Å². The molecule has 1 unspecified atom stereocenters. The van der Waals surface area contributed by atoms with Crippen molar-refractivity contribution in [1.82, 2.24) is 10.3 Å². The van der Waals surface area contributed by atoms with Crippen molar-refractivity contribution in [2.75, 3.05) is 19.0 Å².